The van der Waals surface area contributed by atoms with Crippen LogP contribution in [0.4, 0.5) is 14.4 Å². The summed E-state index contributed by atoms with van der Waals surface area (Å²) in [6.45, 7) is 9.20. The monoisotopic (exact) mass is 393 g/mol. The molecule has 0 radical (unpaired) electrons. The van der Waals surface area contributed by atoms with Crippen molar-refractivity contribution >= 4 is 27.1 Å². The number of amides is 3. The summed E-state index contributed by atoms with van der Waals surface area (Å²) in [6.07, 6.45) is -3.47. The molecule has 150 valence electrons. The predicted octanol–water partition coefficient (Wildman–Crippen LogP) is 3.13. The topological polar surface area (TPSA) is 136 Å². The van der Waals surface area contributed by atoms with Crippen molar-refractivity contribution in [1.29, 1.82) is 0 Å². The molecule has 0 aromatic rings. The van der Waals surface area contributed by atoms with Crippen molar-refractivity contribution < 1.29 is 37.5 Å². The Bertz CT molecular complexity index is 472. The van der Waals surface area contributed by atoms with Crippen LogP contribution in [0.3, 0.4) is 0 Å². The fourth-order valence-corrected chi connectivity index (χ4v) is 4.70. The van der Waals surface area contributed by atoms with E-state index in [-0.39, 0.29) is 13.1 Å². The predicted molar refractivity (Wildman–Crippen MR) is 92.1 cm³/mol. The van der Waals surface area contributed by atoms with E-state index in [1.54, 1.807) is 6.92 Å². The summed E-state index contributed by atoms with van der Waals surface area (Å²) < 4.78 is 21.6. The zero-order valence-corrected chi connectivity index (χ0v) is 16.6. The van der Waals surface area contributed by atoms with Gasteiger partial charge in [0.05, 0.1) is 0 Å². The average molecular weight is 393 g/mol. The van der Waals surface area contributed by atoms with Gasteiger partial charge in [-0.3, -0.25) is 0 Å². The SMILES string of the molecule is CCO[Si](CCCN(CC)C(=O)OC(=O)N=NC(=O)O)(OCC)OCC. The van der Waals surface area contributed by atoms with Crippen LogP contribution < -0.4 is 0 Å². The molecule has 0 unspecified atom stereocenters. The molecule has 12 heteroatoms. The van der Waals surface area contributed by atoms with Gasteiger partial charge in [-0.2, -0.15) is 0 Å². The minimum absolute atomic E-state index is 0.278. The van der Waals surface area contributed by atoms with Crippen molar-refractivity contribution in [2.24, 2.45) is 10.2 Å². The number of rotatable bonds is 11. The van der Waals surface area contributed by atoms with E-state index in [0.717, 1.165) is 0 Å². The van der Waals surface area contributed by atoms with Crippen LogP contribution in [-0.4, -0.2) is 70.0 Å². The highest BCUT2D eigenvalue weighted by Crippen LogP contribution is 2.18. The maximum absolute atomic E-state index is 11.9. The zero-order chi connectivity index (χ0) is 20.0. The summed E-state index contributed by atoms with van der Waals surface area (Å²) in [7, 11) is -2.81. The van der Waals surface area contributed by atoms with Crippen LogP contribution in [0, 0.1) is 0 Å². The Morgan fingerprint density at radius 3 is 1.92 bits per heavy atom. The maximum Gasteiger partial charge on any atom is 0.500 e. The summed E-state index contributed by atoms with van der Waals surface area (Å²) >= 11 is 0. The largest absolute Gasteiger partial charge is 0.500 e. The number of carbonyl (C=O) groups is 3. The lowest BCUT2D eigenvalue weighted by Crippen LogP contribution is -2.46. The molecule has 0 saturated heterocycles. The minimum atomic E-state index is -2.81. The molecule has 0 aromatic heterocycles. The maximum atomic E-state index is 11.9. The molecule has 0 heterocycles. The standard InChI is InChI=1S/C14H27N3O8Si/c1-5-17(14(21)25-13(20)16-15-12(18)19)10-9-11-26(22-6-2,23-7-3)24-8-4/h5-11H2,1-4H3,(H,18,19). The van der Waals surface area contributed by atoms with E-state index >= 15 is 0 Å². The summed E-state index contributed by atoms with van der Waals surface area (Å²) in [5, 5.41) is 13.6. The molecule has 0 atom stereocenters. The van der Waals surface area contributed by atoms with Crippen molar-refractivity contribution in [3.63, 3.8) is 0 Å². The second-order valence-electron chi connectivity index (χ2n) is 4.78. The third kappa shape index (κ3) is 9.55. The summed E-state index contributed by atoms with van der Waals surface area (Å²) in [5.41, 5.74) is 0. The molecule has 0 spiro atoms. The number of nitrogens with zero attached hydrogens (tertiary/aromatic N) is 3. The zero-order valence-electron chi connectivity index (χ0n) is 15.6. The quantitative estimate of drug-likeness (QED) is 0.321. The van der Waals surface area contributed by atoms with E-state index in [1.807, 2.05) is 20.8 Å². The summed E-state index contributed by atoms with van der Waals surface area (Å²) in [4.78, 5) is 34.6. The van der Waals surface area contributed by atoms with Crippen LogP contribution in [0.25, 0.3) is 0 Å². The van der Waals surface area contributed by atoms with Crippen molar-refractivity contribution in [3.05, 3.63) is 0 Å². The van der Waals surface area contributed by atoms with E-state index in [2.05, 4.69) is 15.0 Å². The van der Waals surface area contributed by atoms with Gasteiger partial charge in [0.15, 0.2) is 0 Å². The van der Waals surface area contributed by atoms with E-state index in [1.165, 1.54) is 4.90 Å². The molecule has 0 rings (SSSR count). The van der Waals surface area contributed by atoms with Crippen LogP contribution in [0.5, 0.6) is 0 Å². The number of hydrogen-bond donors (Lipinski definition) is 1. The molecule has 1 N–H and O–H groups in total. The number of hydrogen-bond acceptors (Lipinski definition) is 7. The van der Waals surface area contributed by atoms with Gasteiger partial charge >= 0.3 is 27.1 Å². The molecule has 0 aliphatic rings. The van der Waals surface area contributed by atoms with Crippen molar-refractivity contribution in [3.8, 4) is 0 Å². The highest BCUT2D eigenvalue weighted by atomic mass is 28.4. The van der Waals surface area contributed by atoms with Gasteiger partial charge in [-0.15, -0.1) is 0 Å². The first-order chi connectivity index (χ1) is 12.3. The molecule has 0 fully saturated rings. The van der Waals surface area contributed by atoms with Crippen molar-refractivity contribution in [2.45, 2.75) is 40.2 Å². The Labute approximate surface area is 153 Å². The minimum Gasteiger partial charge on any atom is -0.462 e. The first-order valence-corrected chi connectivity index (χ1v) is 10.3. The van der Waals surface area contributed by atoms with E-state index in [9.17, 15) is 14.4 Å². The van der Waals surface area contributed by atoms with Crippen molar-refractivity contribution in [1.82, 2.24) is 4.90 Å². The molecule has 3 amide bonds. The molecule has 11 nitrogen and oxygen atoms in total. The Hall–Kier alpha value is -1.89. The molecule has 0 aliphatic carbocycles. The Balaban J connectivity index is 4.67. The summed E-state index contributed by atoms with van der Waals surface area (Å²) in [5.74, 6) is 0. The molecular weight excluding hydrogens is 366 g/mol. The highest BCUT2D eigenvalue weighted by molar-refractivity contribution is 6.60. The normalized spacial score (nSPS) is 11.5. The third-order valence-electron chi connectivity index (χ3n) is 3.04. The highest BCUT2D eigenvalue weighted by Gasteiger charge is 2.39. The molecule has 0 aromatic carbocycles. The van der Waals surface area contributed by atoms with Crippen LogP contribution in [0.2, 0.25) is 6.04 Å². The van der Waals surface area contributed by atoms with Gasteiger partial charge in [-0.1, -0.05) is 10.2 Å². The van der Waals surface area contributed by atoms with Crippen LogP contribution in [0.1, 0.15) is 34.1 Å². The van der Waals surface area contributed by atoms with Crippen LogP contribution in [-0.2, 0) is 18.0 Å². The Kier molecular flexibility index (Phi) is 12.4. The molecule has 26 heavy (non-hydrogen) atoms. The number of carbonyl (C=O) groups excluding carboxylic acids is 2. The molecule has 0 aliphatic heterocycles. The molecule has 0 saturated carbocycles. The first kappa shape index (κ1) is 24.1. The lowest BCUT2D eigenvalue weighted by Gasteiger charge is -2.29. The second kappa shape index (κ2) is 13.3. The van der Waals surface area contributed by atoms with Gasteiger partial charge in [0, 0.05) is 39.0 Å². The molecular formula is C14H27N3O8Si. The Morgan fingerprint density at radius 2 is 1.50 bits per heavy atom. The second-order valence-corrected chi connectivity index (χ2v) is 7.51. The lowest BCUT2D eigenvalue weighted by molar-refractivity contribution is 0.0694. The van der Waals surface area contributed by atoms with Gasteiger partial charge in [0.1, 0.15) is 0 Å². The summed E-state index contributed by atoms with van der Waals surface area (Å²) in [6, 6.07) is 0.499. The average Bonchev–Trinajstić information content (AvgIpc) is 2.57. The fourth-order valence-electron chi connectivity index (χ4n) is 2.11. The van der Waals surface area contributed by atoms with E-state index in [4.69, 9.17) is 18.4 Å². The van der Waals surface area contributed by atoms with Gasteiger partial charge in [0.25, 0.3) is 0 Å². The van der Waals surface area contributed by atoms with Gasteiger partial charge in [-0.25, -0.2) is 14.4 Å². The first-order valence-electron chi connectivity index (χ1n) is 8.41. The van der Waals surface area contributed by atoms with Crippen LogP contribution >= 0.6 is 0 Å². The van der Waals surface area contributed by atoms with E-state index < -0.39 is 27.1 Å². The smallest absolute Gasteiger partial charge is 0.462 e. The Morgan fingerprint density at radius 1 is 0.962 bits per heavy atom. The third-order valence-corrected chi connectivity index (χ3v) is 6.19. The van der Waals surface area contributed by atoms with Crippen LogP contribution in [0.15, 0.2) is 10.2 Å². The van der Waals surface area contributed by atoms with Gasteiger partial charge in [-0.05, 0) is 34.1 Å². The number of carboxylic acid groups (broad SMARTS) is 1. The lowest BCUT2D eigenvalue weighted by atomic mass is 10.4. The number of ether oxygens (including phenoxy) is 1. The van der Waals surface area contributed by atoms with Gasteiger partial charge < -0.3 is 28.0 Å². The number of azo groups is 1. The molecule has 0 bridgehead atoms. The fraction of sp³-hybridized carbons (Fsp3) is 0.786. The van der Waals surface area contributed by atoms with Gasteiger partial charge in [0.2, 0.25) is 0 Å². The van der Waals surface area contributed by atoms with E-state index in [0.29, 0.717) is 32.3 Å². The van der Waals surface area contributed by atoms with Crippen molar-refractivity contribution in [2.75, 3.05) is 32.9 Å².